The predicted molar refractivity (Wildman–Crippen MR) is 206 cm³/mol. The zero-order valence-corrected chi connectivity index (χ0v) is 30.5. The average molecular weight is 690 g/mol. The van der Waals surface area contributed by atoms with Gasteiger partial charge in [0, 0.05) is 61.4 Å². The van der Waals surface area contributed by atoms with E-state index in [0.717, 1.165) is 50.4 Å². The van der Waals surface area contributed by atoms with Crippen molar-refractivity contribution >= 4 is 42.9 Å². The van der Waals surface area contributed by atoms with Gasteiger partial charge in [-0.05, 0) is 124 Å². The van der Waals surface area contributed by atoms with Crippen LogP contribution in [0.5, 0.6) is 0 Å². The number of piperidine rings is 1. The summed E-state index contributed by atoms with van der Waals surface area (Å²) in [7, 11) is 0. The van der Waals surface area contributed by atoms with E-state index in [2.05, 4.69) is 129 Å². The first-order chi connectivity index (χ1) is 21.3. The van der Waals surface area contributed by atoms with Crippen molar-refractivity contribution in [3.05, 3.63) is 136 Å². The standard InChI is InChI=1S/C40H44N4.3ClH/c1-28-6-10-35(11-7-28)39-25-34(15-19-41-39)27-44(37-12-8-29(2)9-13-37)38-16-20-43(21-17-38)26-33-14-18-42-40(24-33)36-22-30(3)32(5)31(4)23-36;;;/h6-15,18-19,22-25,38H,16-17,20-21,26-27H2,1-5H3;3*1H. The zero-order valence-electron chi connectivity index (χ0n) is 28.1. The van der Waals surface area contributed by atoms with Gasteiger partial charge in [0.05, 0.1) is 11.4 Å². The molecule has 0 spiro atoms. The molecule has 5 aromatic rings. The molecule has 0 atom stereocenters. The van der Waals surface area contributed by atoms with E-state index >= 15 is 0 Å². The van der Waals surface area contributed by atoms with Crippen molar-refractivity contribution in [2.24, 2.45) is 0 Å². The minimum atomic E-state index is 0. The molecule has 4 nitrogen and oxygen atoms in total. The number of benzene rings is 3. The van der Waals surface area contributed by atoms with Crippen LogP contribution in [-0.2, 0) is 13.1 Å². The first kappa shape index (κ1) is 38.0. The SMILES string of the molecule is Cc1ccc(-c2cc(CN(c3ccc(C)cc3)C3CCN(Cc4ccnc(-c5cc(C)c(C)c(C)c5)c4)CC3)ccn2)cc1.Cl.Cl.Cl. The molecule has 7 heteroatoms. The lowest BCUT2D eigenvalue weighted by molar-refractivity contribution is 0.201. The summed E-state index contributed by atoms with van der Waals surface area (Å²) in [5.74, 6) is 0. The summed E-state index contributed by atoms with van der Waals surface area (Å²) in [5, 5.41) is 0. The van der Waals surface area contributed by atoms with Gasteiger partial charge in [-0.3, -0.25) is 14.9 Å². The molecular formula is C40H47Cl3N4. The number of aryl methyl sites for hydroxylation is 4. The third kappa shape index (κ3) is 9.36. The Balaban J connectivity index is 0.00000200. The van der Waals surface area contributed by atoms with E-state index in [-0.39, 0.29) is 37.2 Å². The summed E-state index contributed by atoms with van der Waals surface area (Å²) in [5.41, 5.74) is 15.0. The Morgan fingerprint density at radius 3 is 1.72 bits per heavy atom. The Labute approximate surface area is 299 Å². The zero-order chi connectivity index (χ0) is 30.6. The minimum absolute atomic E-state index is 0. The number of rotatable bonds is 8. The minimum Gasteiger partial charge on any atom is -0.364 e. The van der Waals surface area contributed by atoms with E-state index in [4.69, 9.17) is 9.97 Å². The van der Waals surface area contributed by atoms with Gasteiger partial charge in [-0.15, -0.1) is 37.2 Å². The van der Waals surface area contributed by atoms with Crippen molar-refractivity contribution in [2.75, 3.05) is 18.0 Å². The van der Waals surface area contributed by atoms with Crippen LogP contribution in [0, 0.1) is 34.6 Å². The molecule has 47 heavy (non-hydrogen) atoms. The Kier molecular flexibility index (Phi) is 13.9. The van der Waals surface area contributed by atoms with Gasteiger partial charge in [0.1, 0.15) is 0 Å². The van der Waals surface area contributed by atoms with Gasteiger partial charge in [0.25, 0.3) is 0 Å². The fourth-order valence-corrected chi connectivity index (χ4v) is 6.38. The molecule has 248 valence electrons. The molecule has 1 aliphatic rings. The van der Waals surface area contributed by atoms with Gasteiger partial charge in [-0.25, -0.2) is 0 Å². The van der Waals surface area contributed by atoms with Crippen LogP contribution in [0.3, 0.4) is 0 Å². The number of hydrogen-bond acceptors (Lipinski definition) is 4. The molecule has 0 aliphatic carbocycles. The van der Waals surface area contributed by atoms with Crippen LogP contribution in [0.4, 0.5) is 5.69 Å². The van der Waals surface area contributed by atoms with E-state index < -0.39 is 0 Å². The van der Waals surface area contributed by atoms with Crippen molar-refractivity contribution in [1.29, 1.82) is 0 Å². The maximum Gasteiger partial charge on any atom is 0.0705 e. The number of likely N-dealkylation sites (tertiary alicyclic amines) is 1. The highest BCUT2D eigenvalue weighted by Crippen LogP contribution is 2.29. The first-order valence-electron chi connectivity index (χ1n) is 15.9. The molecule has 0 unspecified atom stereocenters. The normalized spacial score (nSPS) is 13.2. The largest absolute Gasteiger partial charge is 0.364 e. The summed E-state index contributed by atoms with van der Waals surface area (Å²) >= 11 is 0. The van der Waals surface area contributed by atoms with Crippen LogP contribution in [0.1, 0.15) is 51.8 Å². The van der Waals surface area contributed by atoms with E-state index in [1.165, 1.54) is 55.8 Å². The van der Waals surface area contributed by atoms with Crippen molar-refractivity contribution in [3.63, 3.8) is 0 Å². The van der Waals surface area contributed by atoms with E-state index in [0.29, 0.717) is 6.04 Å². The molecule has 1 fully saturated rings. The van der Waals surface area contributed by atoms with E-state index in [9.17, 15) is 0 Å². The van der Waals surface area contributed by atoms with Gasteiger partial charge in [0.2, 0.25) is 0 Å². The molecule has 0 amide bonds. The Bertz CT molecular complexity index is 1710. The molecule has 2 aromatic heterocycles. The molecule has 6 rings (SSSR count). The highest BCUT2D eigenvalue weighted by molar-refractivity contribution is 5.86. The topological polar surface area (TPSA) is 32.3 Å². The lowest BCUT2D eigenvalue weighted by atomic mass is 9.98. The maximum atomic E-state index is 4.73. The molecule has 1 aliphatic heterocycles. The molecular weight excluding hydrogens is 643 g/mol. The highest BCUT2D eigenvalue weighted by Gasteiger charge is 2.25. The molecule has 3 aromatic carbocycles. The number of halogens is 3. The van der Waals surface area contributed by atoms with Crippen LogP contribution in [0.15, 0.2) is 97.3 Å². The van der Waals surface area contributed by atoms with Crippen molar-refractivity contribution < 1.29 is 0 Å². The van der Waals surface area contributed by atoms with Crippen molar-refractivity contribution in [3.8, 4) is 22.5 Å². The lowest BCUT2D eigenvalue weighted by Gasteiger charge is -2.40. The molecule has 0 saturated carbocycles. The predicted octanol–water partition coefficient (Wildman–Crippen LogP) is 10.3. The van der Waals surface area contributed by atoms with Crippen LogP contribution in [0.2, 0.25) is 0 Å². The third-order valence-electron chi connectivity index (χ3n) is 9.34. The number of anilines is 1. The Morgan fingerprint density at radius 1 is 0.617 bits per heavy atom. The average Bonchev–Trinajstić information content (AvgIpc) is 3.04. The Morgan fingerprint density at radius 2 is 1.13 bits per heavy atom. The number of aromatic nitrogens is 2. The lowest BCUT2D eigenvalue weighted by Crippen LogP contribution is -2.44. The second kappa shape index (κ2) is 17.1. The molecule has 0 radical (unpaired) electrons. The highest BCUT2D eigenvalue weighted by atomic mass is 35.5. The van der Waals surface area contributed by atoms with Crippen LogP contribution < -0.4 is 4.90 Å². The van der Waals surface area contributed by atoms with Gasteiger partial charge < -0.3 is 4.90 Å². The number of hydrogen-bond donors (Lipinski definition) is 0. The quantitative estimate of drug-likeness (QED) is 0.162. The van der Waals surface area contributed by atoms with Gasteiger partial charge in [-0.2, -0.15) is 0 Å². The second-order valence-electron chi connectivity index (χ2n) is 12.7. The smallest absolute Gasteiger partial charge is 0.0705 e. The molecule has 1 saturated heterocycles. The van der Waals surface area contributed by atoms with E-state index in [1.807, 2.05) is 12.4 Å². The number of pyridine rings is 2. The summed E-state index contributed by atoms with van der Waals surface area (Å²) in [6.45, 7) is 14.9. The van der Waals surface area contributed by atoms with E-state index in [1.54, 1.807) is 0 Å². The maximum absolute atomic E-state index is 4.73. The second-order valence-corrected chi connectivity index (χ2v) is 12.7. The third-order valence-corrected chi connectivity index (χ3v) is 9.34. The summed E-state index contributed by atoms with van der Waals surface area (Å²) in [6.07, 6.45) is 6.21. The van der Waals surface area contributed by atoms with Crippen molar-refractivity contribution in [1.82, 2.24) is 14.9 Å². The molecule has 0 bridgehead atoms. The van der Waals surface area contributed by atoms with Crippen LogP contribution in [0.25, 0.3) is 22.5 Å². The Hall–Kier alpha value is -3.41. The number of nitrogens with zero attached hydrogens (tertiary/aromatic N) is 4. The van der Waals surface area contributed by atoms with Crippen LogP contribution in [-0.4, -0.2) is 34.0 Å². The summed E-state index contributed by atoms with van der Waals surface area (Å²) in [6, 6.07) is 31.6. The van der Waals surface area contributed by atoms with Crippen molar-refractivity contribution in [2.45, 2.75) is 66.6 Å². The summed E-state index contributed by atoms with van der Waals surface area (Å²) in [4.78, 5) is 14.7. The molecule has 0 N–H and O–H groups in total. The fourth-order valence-electron chi connectivity index (χ4n) is 6.38. The van der Waals surface area contributed by atoms with Gasteiger partial charge in [0.15, 0.2) is 0 Å². The molecule has 3 heterocycles. The first-order valence-corrected chi connectivity index (χ1v) is 15.9. The van der Waals surface area contributed by atoms with Gasteiger partial charge >= 0.3 is 0 Å². The van der Waals surface area contributed by atoms with Crippen LogP contribution >= 0.6 is 37.2 Å². The summed E-state index contributed by atoms with van der Waals surface area (Å²) < 4.78 is 0. The van der Waals surface area contributed by atoms with Gasteiger partial charge in [-0.1, -0.05) is 47.5 Å². The monoisotopic (exact) mass is 688 g/mol. The fraction of sp³-hybridized carbons (Fsp3) is 0.300.